The lowest BCUT2D eigenvalue weighted by atomic mass is 10.0. The van der Waals surface area contributed by atoms with E-state index in [-0.39, 0.29) is 6.04 Å². The first-order chi connectivity index (χ1) is 7.09. The number of rotatable bonds is 5. The van der Waals surface area contributed by atoms with Crippen LogP contribution in [0.15, 0.2) is 30.3 Å². The molecule has 0 fully saturated rings. The van der Waals surface area contributed by atoms with Gasteiger partial charge in [-0.15, -0.1) is 0 Å². The van der Waals surface area contributed by atoms with Crippen LogP contribution < -0.4 is 10.6 Å². The van der Waals surface area contributed by atoms with Crippen LogP contribution in [0.2, 0.25) is 0 Å². The molecule has 0 radical (unpaired) electrons. The molecule has 2 heteroatoms. The van der Waals surface area contributed by atoms with Gasteiger partial charge in [-0.25, -0.2) is 0 Å². The highest BCUT2D eigenvalue weighted by Gasteiger charge is 2.08. The third kappa shape index (κ3) is 4.34. The summed E-state index contributed by atoms with van der Waals surface area (Å²) >= 11 is 0. The van der Waals surface area contributed by atoms with Gasteiger partial charge < -0.3 is 10.6 Å². The van der Waals surface area contributed by atoms with Gasteiger partial charge in [-0.3, -0.25) is 0 Å². The Hall–Kier alpha value is -1.02. The van der Waals surface area contributed by atoms with Crippen LogP contribution in [-0.4, -0.2) is 19.6 Å². The van der Waals surface area contributed by atoms with E-state index >= 15 is 0 Å². The van der Waals surface area contributed by atoms with E-state index in [1.54, 1.807) is 0 Å². The molecule has 0 amide bonds. The molecule has 0 aliphatic rings. The highest BCUT2D eigenvalue weighted by Crippen LogP contribution is 2.12. The Balaban J connectivity index is 2.45. The Morgan fingerprint density at radius 2 is 1.80 bits per heavy atom. The molecule has 0 unspecified atom stereocenters. The first kappa shape index (κ1) is 12.1. The lowest BCUT2D eigenvalue weighted by Gasteiger charge is -2.24. The normalized spacial score (nSPS) is 12.9. The molecular weight excluding hydrogens is 184 g/mol. The van der Waals surface area contributed by atoms with Crippen molar-refractivity contribution in [2.45, 2.75) is 26.3 Å². The Morgan fingerprint density at radius 1 is 1.20 bits per heavy atom. The smallest absolute Gasteiger partial charge is 0.0364 e. The quantitative estimate of drug-likeness (QED) is 0.802. The number of para-hydroxylation sites is 1. The van der Waals surface area contributed by atoms with Crippen molar-refractivity contribution < 1.29 is 0 Å². The van der Waals surface area contributed by atoms with Crippen molar-refractivity contribution in [1.82, 2.24) is 0 Å². The van der Waals surface area contributed by atoms with Gasteiger partial charge in [-0.1, -0.05) is 32.0 Å². The molecule has 0 aromatic heterocycles. The fraction of sp³-hybridized carbons (Fsp3) is 0.538. The molecule has 1 atom stereocenters. The topological polar surface area (TPSA) is 29.3 Å². The minimum atomic E-state index is 0.259. The van der Waals surface area contributed by atoms with Gasteiger partial charge in [-0.2, -0.15) is 0 Å². The second-order valence-corrected chi connectivity index (χ2v) is 4.61. The van der Waals surface area contributed by atoms with Crippen molar-refractivity contribution in [2.24, 2.45) is 11.7 Å². The van der Waals surface area contributed by atoms with Gasteiger partial charge in [0.1, 0.15) is 0 Å². The molecule has 2 N–H and O–H groups in total. The molecule has 0 saturated carbocycles. The standard InChI is InChI=1S/C13H22N2/c1-11(2)9-12(14)10-15(3)13-7-5-4-6-8-13/h4-8,11-12H,9-10,14H2,1-3H3/t12-/m0/s1. The first-order valence-electron chi connectivity index (χ1n) is 5.61. The van der Waals surface area contributed by atoms with E-state index in [1.165, 1.54) is 5.69 Å². The maximum absolute atomic E-state index is 6.07. The van der Waals surface area contributed by atoms with Crippen LogP contribution >= 0.6 is 0 Å². The lowest BCUT2D eigenvalue weighted by molar-refractivity contribution is 0.495. The molecular formula is C13H22N2. The minimum Gasteiger partial charge on any atom is -0.373 e. The SMILES string of the molecule is CC(C)C[C@H](N)CN(C)c1ccccc1. The summed E-state index contributed by atoms with van der Waals surface area (Å²) in [4.78, 5) is 2.22. The van der Waals surface area contributed by atoms with Crippen LogP contribution in [0.5, 0.6) is 0 Å². The Kier molecular flexibility index (Phi) is 4.63. The molecule has 1 aromatic carbocycles. The van der Waals surface area contributed by atoms with Crippen LogP contribution in [0, 0.1) is 5.92 Å². The van der Waals surface area contributed by atoms with Crippen LogP contribution in [0.25, 0.3) is 0 Å². The Labute approximate surface area is 93.1 Å². The molecule has 0 saturated heterocycles. The van der Waals surface area contributed by atoms with E-state index in [0.717, 1.165) is 13.0 Å². The molecule has 1 rings (SSSR count). The highest BCUT2D eigenvalue weighted by atomic mass is 15.1. The summed E-state index contributed by atoms with van der Waals surface area (Å²) in [5, 5.41) is 0. The zero-order valence-corrected chi connectivity index (χ0v) is 9.98. The predicted octanol–water partition coefficient (Wildman–Crippen LogP) is 2.50. The fourth-order valence-electron chi connectivity index (χ4n) is 1.82. The third-order valence-electron chi connectivity index (χ3n) is 2.48. The zero-order chi connectivity index (χ0) is 11.3. The second-order valence-electron chi connectivity index (χ2n) is 4.61. The number of benzene rings is 1. The maximum Gasteiger partial charge on any atom is 0.0364 e. The maximum atomic E-state index is 6.07. The van der Waals surface area contributed by atoms with E-state index in [4.69, 9.17) is 5.73 Å². The monoisotopic (exact) mass is 206 g/mol. The lowest BCUT2D eigenvalue weighted by Crippen LogP contribution is -2.36. The zero-order valence-electron chi connectivity index (χ0n) is 9.98. The van der Waals surface area contributed by atoms with Crippen LogP contribution in [-0.2, 0) is 0 Å². The molecule has 0 aliphatic carbocycles. The van der Waals surface area contributed by atoms with E-state index in [1.807, 2.05) is 6.07 Å². The molecule has 0 heterocycles. The van der Waals surface area contributed by atoms with Gasteiger partial charge in [0.15, 0.2) is 0 Å². The van der Waals surface area contributed by atoms with Crippen LogP contribution in [0.4, 0.5) is 5.69 Å². The Bertz CT molecular complexity index is 269. The number of nitrogens with two attached hydrogens (primary N) is 1. The molecule has 1 aromatic rings. The van der Waals surface area contributed by atoms with Crippen molar-refractivity contribution in [2.75, 3.05) is 18.5 Å². The average molecular weight is 206 g/mol. The third-order valence-corrected chi connectivity index (χ3v) is 2.48. The molecule has 0 aliphatic heterocycles. The molecule has 84 valence electrons. The highest BCUT2D eigenvalue weighted by molar-refractivity contribution is 5.45. The largest absolute Gasteiger partial charge is 0.373 e. The summed E-state index contributed by atoms with van der Waals surface area (Å²) in [5.41, 5.74) is 7.30. The molecule has 0 bridgehead atoms. The minimum absolute atomic E-state index is 0.259. The van der Waals surface area contributed by atoms with Crippen molar-refractivity contribution in [1.29, 1.82) is 0 Å². The van der Waals surface area contributed by atoms with E-state index < -0.39 is 0 Å². The summed E-state index contributed by atoms with van der Waals surface area (Å²) in [6, 6.07) is 10.6. The molecule has 0 spiro atoms. The van der Waals surface area contributed by atoms with Gasteiger partial charge in [0.25, 0.3) is 0 Å². The molecule has 2 nitrogen and oxygen atoms in total. The summed E-state index contributed by atoms with van der Waals surface area (Å²) in [7, 11) is 2.09. The summed E-state index contributed by atoms with van der Waals surface area (Å²) in [6.45, 7) is 5.34. The van der Waals surface area contributed by atoms with Crippen molar-refractivity contribution in [3.63, 3.8) is 0 Å². The second kappa shape index (κ2) is 5.76. The first-order valence-corrected chi connectivity index (χ1v) is 5.61. The predicted molar refractivity (Wildman–Crippen MR) is 67.1 cm³/mol. The van der Waals surface area contributed by atoms with E-state index in [2.05, 4.69) is 50.1 Å². The fourth-order valence-corrected chi connectivity index (χ4v) is 1.82. The number of anilines is 1. The van der Waals surface area contributed by atoms with Gasteiger partial charge in [0.05, 0.1) is 0 Å². The van der Waals surface area contributed by atoms with E-state index in [0.29, 0.717) is 5.92 Å². The number of hydrogen-bond donors (Lipinski definition) is 1. The van der Waals surface area contributed by atoms with Crippen molar-refractivity contribution in [3.05, 3.63) is 30.3 Å². The number of hydrogen-bond acceptors (Lipinski definition) is 2. The average Bonchev–Trinajstić information content (AvgIpc) is 2.17. The summed E-state index contributed by atoms with van der Waals surface area (Å²) < 4.78 is 0. The van der Waals surface area contributed by atoms with Gasteiger partial charge >= 0.3 is 0 Å². The van der Waals surface area contributed by atoms with Crippen molar-refractivity contribution in [3.8, 4) is 0 Å². The van der Waals surface area contributed by atoms with E-state index in [9.17, 15) is 0 Å². The van der Waals surface area contributed by atoms with Gasteiger partial charge in [0.2, 0.25) is 0 Å². The Morgan fingerprint density at radius 3 is 2.33 bits per heavy atom. The van der Waals surface area contributed by atoms with Crippen LogP contribution in [0.3, 0.4) is 0 Å². The number of nitrogens with zero attached hydrogens (tertiary/aromatic N) is 1. The number of likely N-dealkylation sites (N-methyl/N-ethyl adjacent to an activating group) is 1. The summed E-state index contributed by atoms with van der Waals surface area (Å²) in [5.74, 6) is 0.671. The van der Waals surface area contributed by atoms with Crippen molar-refractivity contribution >= 4 is 5.69 Å². The summed E-state index contributed by atoms with van der Waals surface area (Å²) in [6.07, 6.45) is 1.08. The van der Waals surface area contributed by atoms with Crippen LogP contribution in [0.1, 0.15) is 20.3 Å². The molecule has 15 heavy (non-hydrogen) atoms. The van der Waals surface area contributed by atoms with Gasteiger partial charge in [-0.05, 0) is 24.5 Å². The van der Waals surface area contributed by atoms with Gasteiger partial charge in [0, 0.05) is 25.3 Å².